The van der Waals surface area contributed by atoms with Gasteiger partial charge in [0.1, 0.15) is 5.51 Å². The maximum Gasteiger partial charge on any atom is 0.208 e. The maximum atomic E-state index is 5.03. The third-order valence-corrected chi connectivity index (χ3v) is 3.81. The standard InChI is InChI=1S/C11H20N4OS/c1-16-7-5-12-8-10-4-2-3-6-15(10)11-14-13-9-17-11/h9-10,12H,2-8H2,1H3. The van der Waals surface area contributed by atoms with Gasteiger partial charge in [-0.25, -0.2) is 0 Å². The predicted molar refractivity (Wildman–Crippen MR) is 69.6 cm³/mol. The van der Waals surface area contributed by atoms with Gasteiger partial charge >= 0.3 is 0 Å². The summed E-state index contributed by atoms with van der Waals surface area (Å²) >= 11 is 1.63. The summed E-state index contributed by atoms with van der Waals surface area (Å²) in [4.78, 5) is 2.39. The van der Waals surface area contributed by atoms with Crippen molar-refractivity contribution in [3.8, 4) is 0 Å². The summed E-state index contributed by atoms with van der Waals surface area (Å²) in [6.45, 7) is 3.79. The molecular formula is C11H20N4OS. The van der Waals surface area contributed by atoms with Gasteiger partial charge in [-0.2, -0.15) is 0 Å². The molecule has 6 heteroatoms. The minimum atomic E-state index is 0.550. The van der Waals surface area contributed by atoms with E-state index >= 15 is 0 Å². The van der Waals surface area contributed by atoms with E-state index in [1.807, 2.05) is 0 Å². The SMILES string of the molecule is COCCNCC1CCCCN1c1nncs1. The van der Waals surface area contributed by atoms with Crippen molar-refractivity contribution in [2.75, 3.05) is 38.3 Å². The van der Waals surface area contributed by atoms with E-state index in [1.54, 1.807) is 24.0 Å². The molecular weight excluding hydrogens is 236 g/mol. The number of nitrogens with zero attached hydrogens (tertiary/aromatic N) is 3. The van der Waals surface area contributed by atoms with Gasteiger partial charge < -0.3 is 15.0 Å². The molecule has 1 unspecified atom stereocenters. The fourth-order valence-corrected chi connectivity index (χ4v) is 2.86. The molecule has 1 atom stereocenters. The van der Waals surface area contributed by atoms with E-state index in [1.165, 1.54) is 19.3 Å². The Bertz CT molecular complexity index is 306. The van der Waals surface area contributed by atoms with Crippen LogP contribution in [0.25, 0.3) is 0 Å². The Morgan fingerprint density at radius 1 is 1.59 bits per heavy atom. The highest BCUT2D eigenvalue weighted by atomic mass is 32.1. The van der Waals surface area contributed by atoms with Crippen molar-refractivity contribution in [2.45, 2.75) is 25.3 Å². The van der Waals surface area contributed by atoms with Crippen LogP contribution < -0.4 is 10.2 Å². The number of hydrogen-bond donors (Lipinski definition) is 1. The first-order valence-corrected chi connectivity index (χ1v) is 7.02. The number of methoxy groups -OCH3 is 1. The fourth-order valence-electron chi connectivity index (χ4n) is 2.20. The van der Waals surface area contributed by atoms with Crippen molar-refractivity contribution in [1.82, 2.24) is 15.5 Å². The summed E-state index contributed by atoms with van der Waals surface area (Å²) in [5.74, 6) is 0. The van der Waals surface area contributed by atoms with Crippen LogP contribution in [0.15, 0.2) is 5.51 Å². The molecule has 0 amide bonds. The summed E-state index contributed by atoms with van der Waals surface area (Å²) in [6, 6.07) is 0.550. The lowest BCUT2D eigenvalue weighted by molar-refractivity contribution is 0.198. The van der Waals surface area contributed by atoms with Crippen LogP contribution in [0.2, 0.25) is 0 Å². The van der Waals surface area contributed by atoms with Crippen LogP contribution in [0.3, 0.4) is 0 Å². The normalized spacial score (nSPS) is 20.8. The van der Waals surface area contributed by atoms with Crippen LogP contribution in [0.1, 0.15) is 19.3 Å². The molecule has 1 aliphatic heterocycles. The topological polar surface area (TPSA) is 50.3 Å². The molecule has 5 nitrogen and oxygen atoms in total. The molecule has 1 aromatic heterocycles. The maximum absolute atomic E-state index is 5.03. The van der Waals surface area contributed by atoms with Gasteiger partial charge in [0.2, 0.25) is 5.13 Å². The average molecular weight is 256 g/mol. The van der Waals surface area contributed by atoms with Gasteiger partial charge in [-0.05, 0) is 19.3 Å². The zero-order chi connectivity index (χ0) is 11.9. The Kier molecular flexibility index (Phi) is 5.15. The van der Waals surface area contributed by atoms with E-state index in [2.05, 4.69) is 20.4 Å². The number of hydrogen-bond acceptors (Lipinski definition) is 6. The van der Waals surface area contributed by atoms with Crippen molar-refractivity contribution >= 4 is 16.5 Å². The van der Waals surface area contributed by atoms with Crippen LogP contribution in [-0.2, 0) is 4.74 Å². The second-order valence-electron chi connectivity index (χ2n) is 4.26. The monoisotopic (exact) mass is 256 g/mol. The fraction of sp³-hybridized carbons (Fsp3) is 0.818. The Balaban J connectivity index is 1.84. The third-order valence-electron chi connectivity index (χ3n) is 3.08. The van der Waals surface area contributed by atoms with Crippen LogP contribution in [0.5, 0.6) is 0 Å². The van der Waals surface area contributed by atoms with Gasteiger partial charge in [0.25, 0.3) is 0 Å². The van der Waals surface area contributed by atoms with Gasteiger partial charge in [0.05, 0.1) is 6.61 Å². The first kappa shape index (κ1) is 12.7. The molecule has 0 radical (unpaired) electrons. The smallest absolute Gasteiger partial charge is 0.208 e. The lowest BCUT2D eigenvalue weighted by Crippen LogP contribution is -2.46. The first-order chi connectivity index (χ1) is 8.42. The van der Waals surface area contributed by atoms with E-state index in [0.717, 1.165) is 31.4 Å². The lowest BCUT2D eigenvalue weighted by atomic mass is 10.0. The van der Waals surface area contributed by atoms with E-state index in [-0.39, 0.29) is 0 Å². The summed E-state index contributed by atoms with van der Waals surface area (Å²) in [5, 5.41) is 12.6. The highest BCUT2D eigenvalue weighted by molar-refractivity contribution is 7.13. The molecule has 0 bridgehead atoms. The molecule has 1 fully saturated rings. The second kappa shape index (κ2) is 6.88. The van der Waals surface area contributed by atoms with E-state index < -0.39 is 0 Å². The number of anilines is 1. The quantitative estimate of drug-likeness (QED) is 0.773. The van der Waals surface area contributed by atoms with Gasteiger partial charge in [0, 0.05) is 32.8 Å². The van der Waals surface area contributed by atoms with Crippen molar-refractivity contribution in [1.29, 1.82) is 0 Å². The molecule has 17 heavy (non-hydrogen) atoms. The number of nitrogens with one attached hydrogen (secondary N) is 1. The molecule has 0 spiro atoms. The average Bonchev–Trinajstić information content (AvgIpc) is 2.89. The highest BCUT2D eigenvalue weighted by Gasteiger charge is 2.24. The Morgan fingerprint density at radius 2 is 2.53 bits per heavy atom. The number of piperidine rings is 1. The van der Waals surface area contributed by atoms with E-state index in [9.17, 15) is 0 Å². The van der Waals surface area contributed by atoms with Crippen molar-refractivity contribution < 1.29 is 4.74 Å². The number of rotatable bonds is 6. The van der Waals surface area contributed by atoms with Crippen LogP contribution in [0.4, 0.5) is 5.13 Å². The zero-order valence-electron chi connectivity index (χ0n) is 10.3. The molecule has 0 aromatic carbocycles. The highest BCUT2D eigenvalue weighted by Crippen LogP contribution is 2.25. The van der Waals surface area contributed by atoms with Gasteiger partial charge in [0.15, 0.2) is 0 Å². The van der Waals surface area contributed by atoms with Gasteiger partial charge in [-0.1, -0.05) is 11.3 Å². The molecule has 2 rings (SSSR count). The van der Waals surface area contributed by atoms with Crippen LogP contribution in [0, 0.1) is 0 Å². The number of ether oxygens (including phenoxy) is 1. The second-order valence-corrected chi connectivity index (χ2v) is 5.07. The van der Waals surface area contributed by atoms with Crippen LogP contribution >= 0.6 is 11.3 Å². The molecule has 0 aliphatic carbocycles. The Morgan fingerprint density at radius 3 is 3.29 bits per heavy atom. The Labute approximate surface area is 106 Å². The van der Waals surface area contributed by atoms with Crippen molar-refractivity contribution in [3.05, 3.63) is 5.51 Å². The lowest BCUT2D eigenvalue weighted by Gasteiger charge is -2.35. The van der Waals surface area contributed by atoms with E-state index in [0.29, 0.717) is 6.04 Å². The minimum Gasteiger partial charge on any atom is -0.383 e. The van der Waals surface area contributed by atoms with Gasteiger partial charge in [-0.15, -0.1) is 10.2 Å². The molecule has 0 saturated carbocycles. The van der Waals surface area contributed by atoms with Crippen LogP contribution in [-0.4, -0.2) is 49.6 Å². The number of aromatic nitrogens is 2. The summed E-state index contributed by atoms with van der Waals surface area (Å²) in [6.07, 6.45) is 3.81. The summed E-state index contributed by atoms with van der Waals surface area (Å²) in [5.41, 5.74) is 1.80. The van der Waals surface area contributed by atoms with E-state index in [4.69, 9.17) is 4.74 Å². The molecule has 1 N–H and O–H groups in total. The first-order valence-electron chi connectivity index (χ1n) is 6.14. The molecule has 1 aromatic rings. The molecule has 1 saturated heterocycles. The van der Waals surface area contributed by atoms with Crippen molar-refractivity contribution in [2.24, 2.45) is 0 Å². The molecule has 96 valence electrons. The largest absolute Gasteiger partial charge is 0.383 e. The van der Waals surface area contributed by atoms with Gasteiger partial charge in [-0.3, -0.25) is 0 Å². The summed E-state index contributed by atoms with van der Waals surface area (Å²) < 4.78 is 5.03. The zero-order valence-corrected chi connectivity index (χ0v) is 11.1. The Hall–Kier alpha value is -0.720. The summed E-state index contributed by atoms with van der Waals surface area (Å²) in [7, 11) is 1.73. The minimum absolute atomic E-state index is 0.550. The molecule has 1 aliphatic rings. The third kappa shape index (κ3) is 3.62. The molecule has 2 heterocycles. The van der Waals surface area contributed by atoms with Crippen molar-refractivity contribution in [3.63, 3.8) is 0 Å². The predicted octanol–water partition coefficient (Wildman–Crippen LogP) is 1.13.